The molecule has 0 radical (unpaired) electrons. The summed E-state index contributed by atoms with van der Waals surface area (Å²) in [5.41, 5.74) is 4.14. The fraction of sp³-hybridized carbons (Fsp3) is 0.700. The number of nitrogens with zero attached hydrogens (tertiary/aromatic N) is 2. The molecule has 0 spiro atoms. The minimum atomic E-state index is 0.284. The first-order chi connectivity index (χ1) is 6.86. The van der Waals surface area contributed by atoms with E-state index >= 15 is 0 Å². The Morgan fingerprint density at radius 3 is 3.00 bits per heavy atom. The predicted octanol–water partition coefficient (Wildman–Crippen LogP) is 1.21. The Labute approximate surface area is 84.4 Å². The lowest BCUT2D eigenvalue weighted by atomic mass is 9.79. The van der Waals surface area contributed by atoms with Gasteiger partial charge in [0.2, 0.25) is 0 Å². The molecule has 0 aliphatic heterocycles. The number of nitrogens with two attached hydrogens (primary N) is 1. The lowest BCUT2D eigenvalue weighted by Gasteiger charge is -2.33. The third-order valence-electron chi connectivity index (χ3n) is 3.17. The summed E-state index contributed by atoms with van der Waals surface area (Å²) in [5.74, 6) is 6.30. The summed E-state index contributed by atoms with van der Waals surface area (Å²) >= 11 is 0. The SMILES string of the molecule is CCn1nccc1C(NN)C1CCC1. The van der Waals surface area contributed by atoms with Gasteiger partial charge in [-0.3, -0.25) is 16.0 Å². The first-order valence-electron chi connectivity index (χ1n) is 5.34. The van der Waals surface area contributed by atoms with E-state index in [1.54, 1.807) is 0 Å². The van der Waals surface area contributed by atoms with Crippen molar-refractivity contribution >= 4 is 0 Å². The number of hydrazine groups is 1. The molecule has 1 atom stereocenters. The molecule has 4 nitrogen and oxygen atoms in total. The Morgan fingerprint density at radius 1 is 1.71 bits per heavy atom. The van der Waals surface area contributed by atoms with E-state index in [2.05, 4.69) is 23.5 Å². The van der Waals surface area contributed by atoms with Gasteiger partial charge in [0.25, 0.3) is 0 Å². The van der Waals surface area contributed by atoms with Crippen LogP contribution in [0.4, 0.5) is 0 Å². The third kappa shape index (κ3) is 1.55. The molecule has 1 aliphatic carbocycles. The number of aryl methyl sites for hydroxylation is 1. The second-order valence-corrected chi connectivity index (χ2v) is 3.91. The maximum atomic E-state index is 5.61. The van der Waals surface area contributed by atoms with Gasteiger partial charge in [-0.15, -0.1) is 0 Å². The fourth-order valence-corrected chi connectivity index (χ4v) is 2.11. The van der Waals surface area contributed by atoms with Crippen LogP contribution in [-0.2, 0) is 6.54 Å². The molecule has 78 valence electrons. The van der Waals surface area contributed by atoms with Crippen LogP contribution in [0.15, 0.2) is 12.3 Å². The highest BCUT2D eigenvalue weighted by Crippen LogP contribution is 2.36. The maximum Gasteiger partial charge on any atom is 0.0657 e. The van der Waals surface area contributed by atoms with Crippen LogP contribution in [0.5, 0.6) is 0 Å². The van der Waals surface area contributed by atoms with Crippen molar-refractivity contribution in [3.05, 3.63) is 18.0 Å². The van der Waals surface area contributed by atoms with Gasteiger partial charge in [0.15, 0.2) is 0 Å². The minimum Gasteiger partial charge on any atom is -0.271 e. The first kappa shape index (κ1) is 9.68. The summed E-state index contributed by atoms with van der Waals surface area (Å²) in [6.45, 7) is 3.01. The molecule has 1 aromatic rings. The van der Waals surface area contributed by atoms with Crippen molar-refractivity contribution in [3.8, 4) is 0 Å². The summed E-state index contributed by atoms with van der Waals surface area (Å²) in [4.78, 5) is 0. The van der Waals surface area contributed by atoms with Crippen LogP contribution >= 0.6 is 0 Å². The lowest BCUT2D eigenvalue weighted by Crippen LogP contribution is -2.37. The van der Waals surface area contributed by atoms with E-state index in [1.165, 1.54) is 25.0 Å². The summed E-state index contributed by atoms with van der Waals surface area (Å²) < 4.78 is 2.02. The van der Waals surface area contributed by atoms with Crippen LogP contribution in [0.1, 0.15) is 37.9 Å². The molecule has 0 bridgehead atoms. The van der Waals surface area contributed by atoms with Crippen LogP contribution in [-0.4, -0.2) is 9.78 Å². The van der Waals surface area contributed by atoms with Crippen molar-refractivity contribution in [2.75, 3.05) is 0 Å². The molecule has 3 N–H and O–H groups in total. The summed E-state index contributed by atoms with van der Waals surface area (Å²) in [7, 11) is 0. The van der Waals surface area contributed by atoms with Gasteiger partial charge < -0.3 is 0 Å². The molecule has 14 heavy (non-hydrogen) atoms. The molecule has 4 heteroatoms. The highest BCUT2D eigenvalue weighted by molar-refractivity contribution is 5.09. The molecular formula is C10H18N4. The summed E-state index contributed by atoms with van der Waals surface area (Å²) in [6.07, 6.45) is 5.75. The average molecular weight is 194 g/mol. The number of hydrogen-bond donors (Lipinski definition) is 2. The topological polar surface area (TPSA) is 55.9 Å². The van der Waals surface area contributed by atoms with Crippen molar-refractivity contribution in [2.24, 2.45) is 11.8 Å². The zero-order valence-corrected chi connectivity index (χ0v) is 8.61. The molecule has 2 rings (SSSR count). The second kappa shape index (κ2) is 4.11. The summed E-state index contributed by atoms with van der Waals surface area (Å²) in [6, 6.07) is 2.35. The maximum absolute atomic E-state index is 5.61. The molecule has 1 aliphatic rings. The Balaban J connectivity index is 2.17. The van der Waals surface area contributed by atoms with E-state index in [1.807, 2.05) is 10.9 Å². The Morgan fingerprint density at radius 2 is 2.50 bits per heavy atom. The van der Waals surface area contributed by atoms with E-state index in [0.717, 1.165) is 6.54 Å². The molecule has 1 aromatic heterocycles. The predicted molar refractivity (Wildman–Crippen MR) is 55.3 cm³/mol. The molecule has 1 saturated carbocycles. The Bertz CT molecular complexity index is 290. The van der Waals surface area contributed by atoms with Crippen molar-refractivity contribution < 1.29 is 0 Å². The van der Waals surface area contributed by atoms with Crippen LogP contribution in [0.2, 0.25) is 0 Å². The number of aromatic nitrogens is 2. The molecule has 1 heterocycles. The molecule has 1 fully saturated rings. The highest BCUT2D eigenvalue weighted by atomic mass is 15.3. The number of rotatable bonds is 4. The van der Waals surface area contributed by atoms with Crippen molar-refractivity contribution in [1.82, 2.24) is 15.2 Å². The standard InChI is InChI=1S/C10H18N4/c1-2-14-9(6-7-12-14)10(13-11)8-4-3-5-8/h6-8,10,13H,2-5,11H2,1H3. The lowest BCUT2D eigenvalue weighted by molar-refractivity contribution is 0.223. The monoisotopic (exact) mass is 194 g/mol. The van der Waals surface area contributed by atoms with Gasteiger partial charge in [-0.2, -0.15) is 5.10 Å². The van der Waals surface area contributed by atoms with Crippen LogP contribution in [0.25, 0.3) is 0 Å². The van der Waals surface area contributed by atoms with E-state index < -0.39 is 0 Å². The molecular weight excluding hydrogens is 176 g/mol. The first-order valence-corrected chi connectivity index (χ1v) is 5.34. The van der Waals surface area contributed by atoms with E-state index in [9.17, 15) is 0 Å². The van der Waals surface area contributed by atoms with Crippen LogP contribution in [0.3, 0.4) is 0 Å². The van der Waals surface area contributed by atoms with E-state index in [4.69, 9.17) is 5.84 Å². The van der Waals surface area contributed by atoms with Crippen molar-refractivity contribution in [2.45, 2.75) is 38.8 Å². The molecule has 0 amide bonds. The molecule has 1 unspecified atom stereocenters. The van der Waals surface area contributed by atoms with E-state index in [0.29, 0.717) is 5.92 Å². The van der Waals surface area contributed by atoms with Gasteiger partial charge in [0.1, 0.15) is 0 Å². The zero-order valence-electron chi connectivity index (χ0n) is 8.61. The Kier molecular flexibility index (Phi) is 2.84. The third-order valence-corrected chi connectivity index (χ3v) is 3.17. The number of nitrogens with one attached hydrogen (secondary N) is 1. The Hall–Kier alpha value is -0.870. The number of hydrogen-bond acceptors (Lipinski definition) is 3. The smallest absolute Gasteiger partial charge is 0.0657 e. The zero-order chi connectivity index (χ0) is 9.97. The van der Waals surface area contributed by atoms with Crippen LogP contribution < -0.4 is 11.3 Å². The van der Waals surface area contributed by atoms with Gasteiger partial charge in [-0.1, -0.05) is 6.42 Å². The van der Waals surface area contributed by atoms with Gasteiger partial charge in [0, 0.05) is 12.7 Å². The molecule has 0 saturated heterocycles. The summed E-state index contributed by atoms with van der Waals surface area (Å²) in [5, 5.41) is 4.27. The van der Waals surface area contributed by atoms with Crippen molar-refractivity contribution in [3.63, 3.8) is 0 Å². The van der Waals surface area contributed by atoms with E-state index in [-0.39, 0.29) is 6.04 Å². The quantitative estimate of drug-likeness (QED) is 0.559. The van der Waals surface area contributed by atoms with Gasteiger partial charge in [0.05, 0.1) is 11.7 Å². The second-order valence-electron chi connectivity index (χ2n) is 3.91. The van der Waals surface area contributed by atoms with Crippen molar-refractivity contribution in [1.29, 1.82) is 0 Å². The van der Waals surface area contributed by atoms with Crippen LogP contribution in [0, 0.1) is 5.92 Å². The van der Waals surface area contributed by atoms with Gasteiger partial charge in [-0.25, -0.2) is 0 Å². The normalized spacial score (nSPS) is 19.3. The average Bonchev–Trinajstić information content (AvgIpc) is 2.58. The van der Waals surface area contributed by atoms with Gasteiger partial charge >= 0.3 is 0 Å². The van der Waals surface area contributed by atoms with Gasteiger partial charge in [-0.05, 0) is 31.7 Å². The largest absolute Gasteiger partial charge is 0.271 e. The molecule has 0 aromatic carbocycles. The highest BCUT2D eigenvalue weighted by Gasteiger charge is 2.29. The minimum absolute atomic E-state index is 0.284. The fourth-order valence-electron chi connectivity index (χ4n) is 2.11.